The lowest BCUT2D eigenvalue weighted by atomic mass is 10.1. The van der Waals surface area contributed by atoms with Crippen molar-refractivity contribution in [3.8, 4) is 5.75 Å². The fraction of sp³-hybridized carbons (Fsp3) is 0.0714. The van der Waals surface area contributed by atoms with E-state index in [-0.39, 0.29) is 11.2 Å². The van der Waals surface area contributed by atoms with Crippen LogP contribution in [0.5, 0.6) is 5.75 Å². The maximum atomic E-state index is 12.2. The Balaban J connectivity index is 2.60. The van der Waals surface area contributed by atoms with Gasteiger partial charge in [0.15, 0.2) is 5.43 Å². The normalized spacial score (nSPS) is 11.1. The van der Waals surface area contributed by atoms with Crippen LogP contribution in [0.4, 0.5) is 0 Å². The van der Waals surface area contributed by atoms with Gasteiger partial charge in [-0.05, 0) is 36.8 Å². The number of aryl methyl sites for hydroxylation is 1. The second-order valence-electron chi connectivity index (χ2n) is 4.06. The quantitative estimate of drug-likeness (QED) is 0.613. The molecule has 3 heteroatoms. The highest BCUT2D eigenvalue weighted by Gasteiger charge is 2.07. The molecule has 1 aromatic heterocycles. The first-order valence-corrected chi connectivity index (χ1v) is 6.13. The zero-order chi connectivity index (χ0) is 12.0. The van der Waals surface area contributed by atoms with Crippen molar-refractivity contribution in [2.45, 2.75) is 6.92 Å². The smallest absolute Gasteiger partial charge is 0.196 e. The minimum absolute atomic E-state index is 0.00958. The number of aromatic hydroxyl groups is 1. The van der Waals surface area contributed by atoms with Crippen LogP contribution in [0, 0.1) is 6.92 Å². The van der Waals surface area contributed by atoms with Gasteiger partial charge >= 0.3 is 0 Å². The average Bonchev–Trinajstić information content (AvgIpc) is 2.32. The van der Waals surface area contributed by atoms with Crippen LogP contribution in [0.25, 0.3) is 20.2 Å². The number of benzene rings is 2. The highest BCUT2D eigenvalue weighted by atomic mass is 32.1. The van der Waals surface area contributed by atoms with E-state index in [2.05, 4.69) is 0 Å². The number of fused-ring (bicyclic) bond motifs is 2. The molecule has 17 heavy (non-hydrogen) atoms. The third-order valence-corrected chi connectivity index (χ3v) is 4.03. The molecule has 1 heterocycles. The molecule has 2 aromatic carbocycles. The van der Waals surface area contributed by atoms with E-state index in [1.807, 2.05) is 37.3 Å². The third kappa shape index (κ3) is 1.51. The minimum atomic E-state index is -0.00958. The molecule has 0 aliphatic carbocycles. The Morgan fingerprint density at radius 1 is 1.06 bits per heavy atom. The lowest BCUT2D eigenvalue weighted by Gasteiger charge is -2.03. The van der Waals surface area contributed by atoms with Gasteiger partial charge in [-0.3, -0.25) is 4.79 Å². The van der Waals surface area contributed by atoms with Gasteiger partial charge in [0.1, 0.15) is 5.75 Å². The molecule has 0 amide bonds. The van der Waals surface area contributed by atoms with E-state index in [9.17, 15) is 9.90 Å². The second-order valence-corrected chi connectivity index (χ2v) is 5.15. The van der Waals surface area contributed by atoms with Gasteiger partial charge < -0.3 is 5.11 Å². The maximum Gasteiger partial charge on any atom is 0.196 e. The van der Waals surface area contributed by atoms with Crippen molar-refractivity contribution in [2.24, 2.45) is 0 Å². The molecule has 0 saturated heterocycles. The molecular weight excluding hydrogens is 232 g/mol. The molecule has 0 aliphatic heterocycles. The Morgan fingerprint density at radius 3 is 2.65 bits per heavy atom. The summed E-state index contributed by atoms with van der Waals surface area (Å²) in [6, 6.07) is 11.0. The summed E-state index contributed by atoms with van der Waals surface area (Å²) < 4.78 is 1.90. The fourth-order valence-electron chi connectivity index (χ4n) is 1.94. The molecule has 0 unspecified atom stereocenters. The van der Waals surface area contributed by atoms with Gasteiger partial charge in [0.25, 0.3) is 0 Å². The predicted octanol–water partition coefficient (Wildman–Crippen LogP) is 3.43. The highest BCUT2D eigenvalue weighted by molar-refractivity contribution is 7.24. The number of hydrogen-bond acceptors (Lipinski definition) is 3. The van der Waals surface area contributed by atoms with Gasteiger partial charge in [-0.2, -0.15) is 0 Å². The zero-order valence-corrected chi connectivity index (χ0v) is 10.0. The summed E-state index contributed by atoms with van der Waals surface area (Å²) in [6.45, 7) is 1.83. The highest BCUT2D eigenvalue weighted by Crippen LogP contribution is 2.29. The van der Waals surface area contributed by atoms with Crippen molar-refractivity contribution in [1.29, 1.82) is 0 Å². The summed E-state index contributed by atoms with van der Waals surface area (Å²) in [5, 5.41) is 11.0. The topological polar surface area (TPSA) is 37.3 Å². The van der Waals surface area contributed by atoms with Crippen LogP contribution in [0.1, 0.15) is 5.56 Å². The van der Waals surface area contributed by atoms with Crippen molar-refractivity contribution in [1.82, 2.24) is 0 Å². The predicted molar refractivity (Wildman–Crippen MR) is 72.0 cm³/mol. The molecule has 0 fully saturated rings. The molecule has 3 aromatic rings. The molecule has 0 atom stereocenters. The minimum Gasteiger partial charge on any atom is -0.508 e. The van der Waals surface area contributed by atoms with Gasteiger partial charge in [0.2, 0.25) is 0 Å². The molecule has 2 nitrogen and oxygen atoms in total. The van der Waals surface area contributed by atoms with Crippen LogP contribution in [0.2, 0.25) is 0 Å². The van der Waals surface area contributed by atoms with Crippen molar-refractivity contribution in [3.63, 3.8) is 0 Å². The molecule has 0 bridgehead atoms. The van der Waals surface area contributed by atoms with E-state index in [1.165, 1.54) is 0 Å². The van der Waals surface area contributed by atoms with E-state index in [0.29, 0.717) is 10.8 Å². The molecule has 84 valence electrons. The summed E-state index contributed by atoms with van der Waals surface area (Å²) in [6.07, 6.45) is 0. The summed E-state index contributed by atoms with van der Waals surface area (Å²) in [5.41, 5.74) is 0.785. The first-order chi connectivity index (χ1) is 8.16. The molecule has 0 spiro atoms. The van der Waals surface area contributed by atoms with Crippen molar-refractivity contribution in [2.75, 3.05) is 0 Å². The van der Waals surface area contributed by atoms with Crippen LogP contribution in [0.15, 0.2) is 41.2 Å². The molecule has 1 N–H and O–H groups in total. The Morgan fingerprint density at radius 2 is 1.82 bits per heavy atom. The SMILES string of the molecule is Cc1cc2sc3ccccc3c(=O)c2cc1O. The van der Waals surface area contributed by atoms with Crippen LogP contribution in [-0.2, 0) is 0 Å². The van der Waals surface area contributed by atoms with Crippen molar-refractivity contribution >= 4 is 31.5 Å². The van der Waals surface area contributed by atoms with Crippen LogP contribution in [-0.4, -0.2) is 5.11 Å². The van der Waals surface area contributed by atoms with Gasteiger partial charge in [0, 0.05) is 20.2 Å². The number of rotatable bonds is 0. The van der Waals surface area contributed by atoms with E-state index >= 15 is 0 Å². The van der Waals surface area contributed by atoms with E-state index in [4.69, 9.17) is 0 Å². The standard InChI is InChI=1S/C14H10O2S/c1-8-6-13-10(7-11(8)15)14(16)9-4-2-3-5-12(9)17-13/h2-7,15H,1H3. The summed E-state index contributed by atoms with van der Waals surface area (Å²) in [4.78, 5) is 12.2. The van der Waals surface area contributed by atoms with Gasteiger partial charge in [-0.15, -0.1) is 11.3 Å². The largest absolute Gasteiger partial charge is 0.508 e. The molecule has 0 radical (unpaired) electrons. The van der Waals surface area contributed by atoms with E-state index in [0.717, 1.165) is 15.0 Å². The molecule has 0 saturated carbocycles. The third-order valence-electron chi connectivity index (χ3n) is 2.89. The fourth-order valence-corrected chi connectivity index (χ4v) is 3.09. The summed E-state index contributed by atoms with van der Waals surface area (Å²) in [5.74, 6) is 0.178. The number of phenols is 1. The molecule has 0 aliphatic rings. The zero-order valence-electron chi connectivity index (χ0n) is 9.23. The maximum absolute atomic E-state index is 12.2. The van der Waals surface area contributed by atoms with Crippen LogP contribution >= 0.6 is 11.3 Å². The van der Waals surface area contributed by atoms with Gasteiger partial charge in [-0.25, -0.2) is 0 Å². The first-order valence-electron chi connectivity index (χ1n) is 5.32. The summed E-state index contributed by atoms with van der Waals surface area (Å²) in [7, 11) is 0. The van der Waals surface area contributed by atoms with Crippen LogP contribution in [0.3, 0.4) is 0 Å². The summed E-state index contributed by atoms with van der Waals surface area (Å²) >= 11 is 1.58. The number of hydrogen-bond donors (Lipinski definition) is 1. The Labute approximate surface area is 102 Å². The first kappa shape index (κ1) is 10.3. The van der Waals surface area contributed by atoms with Crippen LogP contribution < -0.4 is 5.43 Å². The average molecular weight is 242 g/mol. The van der Waals surface area contributed by atoms with Crippen molar-refractivity contribution < 1.29 is 5.11 Å². The molecule has 3 rings (SSSR count). The Hall–Kier alpha value is -1.87. The molecular formula is C14H10O2S. The van der Waals surface area contributed by atoms with Gasteiger partial charge in [0.05, 0.1) is 0 Å². The monoisotopic (exact) mass is 242 g/mol. The lowest BCUT2D eigenvalue weighted by molar-refractivity contribution is 0.472. The Kier molecular flexibility index (Phi) is 2.16. The lowest BCUT2D eigenvalue weighted by Crippen LogP contribution is -2.00. The Bertz CT molecular complexity index is 787. The van der Waals surface area contributed by atoms with E-state index < -0.39 is 0 Å². The second kappa shape index (κ2) is 3.57. The van der Waals surface area contributed by atoms with Crippen molar-refractivity contribution in [3.05, 3.63) is 52.2 Å². The van der Waals surface area contributed by atoms with E-state index in [1.54, 1.807) is 17.4 Å². The number of phenolic OH excluding ortho intramolecular Hbond substituents is 1. The van der Waals surface area contributed by atoms with Gasteiger partial charge in [-0.1, -0.05) is 12.1 Å².